The molecule has 0 bridgehead atoms. The molecule has 2 nitrogen and oxygen atoms in total. The Morgan fingerprint density at radius 3 is 2.62 bits per heavy atom. The van der Waals surface area contributed by atoms with E-state index in [1.165, 1.54) is 23.1 Å². The molecular formula is C17H13NOS2. The highest BCUT2D eigenvalue weighted by molar-refractivity contribution is 8.00. The fraction of sp³-hybridized carbons (Fsp3) is 0.0588. The molecule has 0 saturated carbocycles. The molecule has 0 unspecified atom stereocenters. The Bertz CT molecular complexity index is 724. The van der Waals surface area contributed by atoms with E-state index in [0.29, 0.717) is 5.75 Å². The highest BCUT2D eigenvalue weighted by atomic mass is 32.2. The summed E-state index contributed by atoms with van der Waals surface area (Å²) in [4.78, 5) is 17.4. The van der Waals surface area contributed by atoms with Crippen LogP contribution in [0.5, 0.6) is 0 Å². The number of thioether (sulfide) groups is 1. The van der Waals surface area contributed by atoms with Crippen LogP contribution in [-0.2, 0) is 0 Å². The van der Waals surface area contributed by atoms with Crippen LogP contribution in [0.1, 0.15) is 9.67 Å². The van der Waals surface area contributed by atoms with Crippen molar-refractivity contribution in [2.24, 2.45) is 0 Å². The zero-order valence-electron chi connectivity index (χ0n) is 11.2. The quantitative estimate of drug-likeness (QED) is 0.501. The van der Waals surface area contributed by atoms with E-state index in [9.17, 15) is 4.79 Å². The Balaban J connectivity index is 1.71. The minimum absolute atomic E-state index is 0.155. The third-order valence-electron chi connectivity index (χ3n) is 2.94. The van der Waals surface area contributed by atoms with Gasteiger partial charge >= 0.3 is 0 Å². The molecule has 0 atom stereocenters. The second-order valence-electron chi connectivity index (χ2n) is 4.42. The molecule has 0 aliphatic carbocycles. The van der Waals surface area contributed by atoms with Gasteiger partial charge in [-0.05, 0) is 23.6 Å². The number of rotatable bonds is 5. The van der Waals surface area contributed by atoms with Gasteiger partial charge in [-0.1, -0.05) is 54.2 Å². The van der Waals surface area contributed by atoms with Crippen LogP contribution in [0.2, 0.25) is 0 Å². The number of Topliss-reactive ketones (excluding diaryl/α,β-unsaturated/α-hetero) is 1. The molecule has 0 N–H and O–H groups in total. The third-order valence-corrected chi connectivity index (χ3v) is 4.78. The average Bonchev–Trinajstić information content (AvgIpc) is 3.08. The van der Waals surface area contributed by atoms with Gasteiger partial charge in [0, 0.05) is 5.56 Å². The van der Waals surface area contributed by atoms with Crippen LogP contribution in [0.4, 0.5) is 0 Å². The normalized spacial score (nSPS) is 10.5. The van der Waals surface area contributed by atoms with Crippen LogP contribution in [0.25, 0.3) is 11.3 Å². The second kappa shape index (κ2) is 6.70. The average molecular weight is 311 g/mol. The van der Waals surface area contributed by atoms with E-state index < -0.39 is 0 Å². The molecule has 104 valence electrons. The Morgan fingerprint density at radius 1 is 1.00 bits per heavy atom. The third kappa shape index (κ3) is 3.60. The SMILES string of the molecule is O=C(CSc1cccc(-c2ccccc2)n1)c1cccs1. The first-order valence-corrected chi connectivity index (χ1v) is 8.41. The Kier molecular flexibility index (Phi) is 4.48. The van der Waals surface area contributed by atoms with Crippen LogP contribution in [0.15, 0.2) is 71.1 Å². The number of aromatic nitrogens is 1. The van der Waals surface area contributed by atoms with Gasteiger partial charge < -0.3 is 0 Å². The highest BCUT2D eigenvalue weighted by Gasteiger charge is 2.08. The zero-order chi connectivity index (χ0) is 14.5. The molecule has 0 aliphatic rings. The lowest BCUT2D eigenvalue weighted by molar-refractivity contribution is 0.102. The Hall–Kier alpha value is -1.91. The first-order valence-electron chi connectivity index (χ1n) is 6.55. The minimum atomic E-state index is 0.155. The summed E-state index contributed by atoms with van der Waals surface area (Å²) in [5, 5.41) is 2.80. The maximum Gasteiger partial charge on any atom is 0.183 e. The van der Waals surface area contributed by atoms with Gasteiger partial charge in [0.15, 0.2) is 5.78 Å². The van der Waals surface area contributed by atoms with Gasteiger partial charge in [-0.3, -0.25) is 4.79 Å². The molecule has 4 heteroatoms. The van der Waals surface area contributed by atoms with Crippen molar-refractivity contribution in [1.82, 2.24) is 4.98 Å². The summed E-state index contributed by atoms with van der Waals surface area (Å²) >= 11 is 2.96. The topological polar surface area (TPSA) is 30.0 Å². The second-order valence-corrected chi connectivity index (χ2v) is 6.36. The molecule has 0 amide bonds. The standard InChI is InChI=1S/C17H13NOS2/c19-15(16-9-5-11-20-16)12-21-17-10-4-8-14(18-17)13-6-2-1-3-7-13/h1-11H,12H2. The summed E-state index contributed by atoms with van der Waals surface area (Å²) in [6, 6.07) is 19.7. The molecule has 0 saturated heterocycles. The summed E-state index contributed by atoms with van der Waals surface area (Å²) in [6.45, 7) is 0. The van der Waals surface area contributed by atoms with Crippen molar-refractivity contribution >= 4 is 28.9 Å². The van der Waals surface area contributed by atoms with Gasteiger partial charge in [0.1, 0.15) is 0 Å². The van der Waals surface area contributed by atoms with E-state index in [-0.39, 0.29) is 5.78 Å². The molecule has 21 heavy (non-hydrogen) atoms. The predicted molar refractivity (Wildman–Crippen MR) is 89.0 cm³/mol. The molecule has 0 radical (unpaired) electrons. The lowest BCUT2D eigenvalue weighted by atomic mass is 10.1. The molecule has 0 aliphatic heterocycles. The maximum atomic E-state index is 12.0. The number of thiophene rings is 1. The van der Waals surface area contributed by atoms with Gasteiger partial charge in [-0.2, -0.15) is 0 Å². The number of nitrogens with zero attached hydrogens (tertiary/aromatic N) is 1. The van der Waals surface area contributed by atoms with Crippen molar-refractivity contribution < 1.29 is 4.79 Å². The maximum absolute atomic E-state index is 12.0. The number of carbonyl (C=O) groups excluding carboxylic acids is 1. The summed E-state index contributed by atoms with van der Waals surface area (Å²) in [6.07, 6.45) is 0. The summed E-state index contributed by atoms with van der Waals surface area (Å²) in [5.41, 5.74) is 2.02. The summed E-state index contributed by atoms with van der Waals surface area (Å²) < 4.78 is 0. The number of carbonyl (C=O) groups is 1. The largest absolute Gasteiger partial charge is 0.292 e. The predicted octanol–water partition coefficient (Wildman–Crippen LogP) is 4.79. The first-order chi connectivity index (χ1) is 10.3. The monoisotopic (exact) mass is 311 g/mol. The van der Waals surface area contributed by atoms with Crippen LogP contribution in [0.3, 0.4) is 0 Å². The van der Waals surface area contributed by atoms with E-state index >= 15 is 0 Å². The fourth-order valence-corrected chi connectivity index (χ4v) is 3.44. The van der Waals surface area contributed by atoms with E-state index in [4.69, 9.17) is 0 Å². The molecule has 0 spiro atoms. The van der Waals surface area contributed by atoms with Crippen molar-refractivity contribution in [2.45, 2.75) is 5.03 Å². The molecule has 1 aromatic carbocycles. The van der Waals surface area contributed by atoms with Gasteiger partial charge in [-0.25, -0.2) is 4.98 Å². The Morgan fingerprint density at radius 2 is 1.86 bits per heavy atom. The van der Waals surface area contributed by atoms with Gasteiger partial charge in [0.25, 0.3) is 0 Å². The first kappa shape index (κ1) is 14.0. The van der Waals surface area contributed by atoms with Crippen LogP contribution >= 0.6 is 23.1 Å². The van der Waals surface area contributed by atoms with Crippen molar-refractivity contribution in [3.63, 3.8) is 0 Å². The number of hydrogen-bond donors (Lipinski definition) is 0. The van der Waals surface area contributed by atoms with Crippen LogP contribution in [0, 0.1) is 0 Å². The number of hydrogen-bond acceptors (Lipinski definition) is 4. The minimum Gasteiger partial charge on any atom is -0.292 e. The van der Waals surface area contributed by atoms with E-state index in [0.717, 1.165) is 21.2 Å². The van der Waals surface area contributed by atoms with Crippen LogP contribution < -0.4 is 0 Å². The van der Waals surface area contributed by atoms with Crippen molar-refractivity contribution in [1.29, 1.82) is 0 Å². The molecule has 2 heterocycles. The fourth-order valence-electron chi connectivity index (χ4n) is 1.91. The van der Waals surface area contributed by atoms with Gasteiger partial charge in [0.2, 0.25) is 0 Å². The smallest absolute Gasteiger partial charge is 0.183 e. The lowest BCUT2D eigenvalue weighted by Gasteiger charge is -2.04. The van der Waals surface area contributed by atoms with E-state index in [1.807, 2.05) is 66.0 Å². The van der Waals surface area contributed by atoms with E-state index in [1.54, 1.807) is 0 Å². The zero-order valence-corrected chi connectivity index (χ0v) is 12.9. The molecular weight excluding hydrogens is 298 g/mol. The summed E-state index contributed by atoms with van der Waals surface area (Å²) in [7, 11) is 0. The number of pyridine rings is 1. The lowest BCUT2D eigenvalue weighted by Crippen LogP contribution is -1.99. The highest BCUT2D eigenvalue weighted by Crippen LogP contribution is 2.23. The number of benzene rings is 1. The van der Waals surface area contributed by atoms with Crippen molar-refractivity contribution in [2.75, 3.05) is 5.75 Å². The molecule has 2 aromatic heterocycles. The van der Waals surface area contributed by atoms with Crippen molar-refractivity contribution in [3.05, 3.63) is 70.9 Å². The van der Waals surface area contributed by atoms with Crippen molar-refractivity contribution in [3.8, 4) is 11.3 Å². The van der Waals surface area contributed by atoms with Gasteiger partial charge in [-0.15, -0.1) is 11.3 Å². The molecule has 3 aromatic rings. The Labute approximate surface area is 131 Å². The molecule has 3 rings (SSSR count). The van der Waals surface area contributed by atoms with Gasteiger partial charge in [0.05, 0.1) is 21.3 Å². The molecule has 0 fully saturated rings. The van der Waals surface area contributed by atoms with Crippen LogP contribution in [-0.4, -0.2) is 16.5 Å². The van der Waals surface area contributed by atoms with E-state index in [2.05, 4.69) is 4.98 Å². The number of ketones is 1. The summed E-state index contributed by atoms with van der Waals surface area (Å²) in [5.74, 6) is 0.577.